The molecule has 0 aromatic carbocycles. The Labute approximate surface area is 112 Å². The standard InChI is InChI=1S/C15H30N2O/c1-4-7-16-15-5-8-17(13(3)12(15)2)10-14-6-9-18-11-14/h12-16H,4-11H2,1-3H3. The lowest BCUT2D eigenvalue weighted by atomic mass is 9.86. The lowest BCUT2D eigenvalue weighted by molar-refractivity contribution is 0.0670. The monoisotopic (exact) mass is 254 g/mol. The van der Waals surface area contributed by atoms with Gasteiger partial charge >= 0.3 is 0 Å². The summed E-state index contributed by atoms with van der Waals surface area (Å²) in [6.45, 7) is 12.7. The highest BCUT2D eigenvalue weighted by molar-refractivity contribution is 4.89. The van der Waals surface area contributed by atoms with E-state index in [1.807, 2.05) is 0 Å². The van der Waals surface area contributed by atoms with Crippen LogP contribution in [0.2, 0.25) is 0 Å². The average Bonchev–Trinajstić information content (AvgIpc) is 2.87. The third-order valence-corrected chi connectivity index (χ3v) is 4.87. The van der Waals surface area contributed by atoms with Crippen LogP contribution in [0, 0.1) is 11.8 Å². The predicted molar refractivity (Wildman–Crippen MR) is 75.8 cm³/mol. The van der Waals surface area contributed by atoms with Crippen molar-refractivity contribution in [1.82, 2.24) is 10.2 Å². The van der Waals surface area contributed by atoms with Crippen LogP contribution in [-0.4, -0.2) is 49.8 Å². The molecule has 2 heterocycles. The maximum absolute atomic E-state index is 5.50. The molecular formula is C15H30N2O. The summed E-state index contributed by atoms with van der Waals surface area (Å²) in [4.78, 5) is 2.69. The molecule has 3 heteroatoms. The third kappa shape index (κ3) is 3.46. The minimum atomic E-state index is 0.703. The van der Waals surface area contributed by atoms with Crippen molar-refractivity contribution in [3.8, 4) is 0 Å². The molecule has 0 bridgehead atoms. The number of hydrogen-bond donors (Lipinski definition) is 1. The van der Waals surface area contributed by atoms with Gasteiger partial charge in [-0.3, -0.25) is 4.90 Å². The topological polar surface area (TPSA) is 24.5 Å². The predicted octanol–water partition coefficient (Wildman–Crippen LogP) is 2.12. The van der Waals surface area contributed by atoms with Crippen LogP contribution in [0.3, 0.4) is 0 Å². The molecule has 4 unspecified atom stereocenters. The number of ether oxygens (including phenoxy) is 1. The molecule has 0 aromatic heterocycles. The minimum Gasteiger partial charge on any atom is -0.381 e. The van der Waals surface area contributed by atoms with Crippen LogP contribution in [0.25, 0.3) is 0 Å². The van der Waals surface area contributed by atoms with E-state index in [0.29, 0.717) is 6.04 Å². The summed E-state index contributed by atoms with van der Waals surface area (Å²) in [6, 6.07) is 1.42. The Morgan fingerprint density at radius 2 is 2.11 bits per heavy atom. The molecule has 2 rings (SSSR count). The minimum absolute atomic E-state index is 0.703. The van der Waals surface area contributed by atoms with E-state index < -0.39 is 0 Å². The van der Waals surface area contributed by atoms with Crippen LogP contribution >= 0.6 is 0 Å². The fraction of sp³-hybridized carbons (Fsp3) is 1.00. The van der Waals surface area contributed by atoms with E-state index in [1.54, 1.807) is 0 Å². The second-order valence-electron chi connectivity index (χ2n) is 6.17. The van der Waals surface area contributed by atoms with Gasteiger partial charge in [0.2, 0.25) is 0 Å². The highest BCUT2D eigenvalue weighted by atomic mass is 16.5. The van der Waals surface area contributed by atoms with Gasteiger partial charge in [-0.05, 0) is 51.1 Å². The van der Waals surface area contributed by atoms with Crippen LogP contribution < -0.4 is 5.32 Å². The Morgan fingerprint density at radius 3 is 2.78 bits per heavy atom. The van der Waals surface area contributed by atoms with Crippen molar-refractivity contribution in [2.75, 3.05) is 32.8 Å². The molecule has 2 aliphatic heterocycles. The van der Waals surface area contributed by atoms with E-state index in [2.05, 4.69) is 31.0 Å². The Balaban J connectivity index is 1.81. The Kier molecular flexibility index (Phi) is 5.46. The van der Waals surface area contributed by atoms with E-state index in [4.69, 9.17) is 4.74 Å². The first-order chi connectivity index (χ1) is 8.72. The van der Waals surface area contributed by atoms with Crippen LogP contribution in [0.4, 0.5) is 0 Å². The largest absolute Gasteiger partial charge is 0.381 e. The summed E-state index contributed by atoms with van der Waals surface area (Å²) in [7, 11) is 0. The molecule has 2 saturated heterocycles. The Bertz CT molecular complexity index is 241. The van der Waals surface area contributed by atoms with Gasteiger partial charge in [0, 0.05) is 25.2 Å². The van der Waals surface area contributed by atoms with Crippen molar-refractivity contribution < 1.29 is 4.74 Å². The lowest BCUT2D eigenvalue weighted by Gasteiger charge is -2.44. The van der Waals surface area contributed by atoms with Gasteiger partial charge < -0.3 is 10.1 Å². The molecule has 0 radical (unpaired) electrons. The van der Waals surface area contributed by atoms with Crippen LogP contribution in [-0.2, 0) is 4.74 Å². The summed E-state index contributed by atoms with van der Waals surface area (Å²) >= 11 is 0. The number of nitrogens with zero attached hydrogens (tertiary/aromatic N) is 1. The van der Waals surface area contributed by atoms with E-state index in [9.17, 15) is 0 Å². The summed E-state index contributed by atoms with van der Waals surface area (Å²) in [5, 5.41) is 3.71. The molecule has 0 aliphatic carbocycles. The summed E-state index contributed by atoms with van der Waals surface area (Å²) in [5.74, 6) is 1.53. The van der Waals surface area contributed by atoms with Crippen molar-refractivity contribution in [3.63, 3.8) is 0 Å². The highest BCUT2D eigenvalue weighted by Gasteiger charge is 2.33. The van der Waals surface area contributed by atoms with Gasteiger partial charge in [0.25, 0.3) is 0 Å². The number of rotatable bonds is 5. The molecular weight excluding hydrogens is 224 g/mol. The highest BCUT2D eigenvalue weighted by Crippen LogP contribution is 2.26. The zero-order valence-corrected chi connectivity index (χ0v) is 12.3. The second kappa shape index (κ2) is 6.88. The molecule has 106 valence electrons. The zero-order valence-electron chi connectivity index (χ0n) is 12.3. The normalized spacial score (nSPS) is 38.2. The van der Waals surface area contributed by atoms with Crippen molar-refractivity contribution in [2.24, 2.45) is 11.8 Å². The van der Waals surface area contributed by atoms with Gasteiger partial charge in [-0.2, -0.15) is 0 Å². The van der Waals surface area contributed by atoms with Gasteiger partial charge in [0.15, 0.2) is 0 Å². The molecule has 2 aliphatic rings. The quantitative estimate of drug-likeness (QED) is 0.813. The average molecular weight is 254 g/mol. The number of piperidine rings is 1. The first-order valence-electron chi connectivity index (χ1n) is 7.77. The lowest BCUT2D eigenvalue weighted by Crippen LogP contribution is -2.54. The molecule has 0 saturated carbocycles. The smallest absolute Gasteiger partial charge is 0.0507 e. The van der Waals surface area contributed by atoms with Gasteiger partial charge in [-0.15, -0.1) is 0 Å². The van der Waals surface area contributed by atoms with E-state index in [1.165, 1.54) is 32.4 Å². The number of likely N-dealkylation sites (tertiary alicyclic amines) is 1. The fourth-order valence-corrected chi connectivity index (χ4v) is 3.37. The fourth-order valence-electron chi connectivity index (χ4n) is 3.37. The van der Waals surface area contributed by atoms with Gasteiger partial charge in [0.05, 0.1) is 6.61 Å². The van der Waals surface area contributed by atoms with Crippen LogP contribution in [0.1, 0.15) is 40.0 Å². The van der Waals surface area contributed by atoms with Crippen molar-refractivity contribution in [3.05, 3.63) is 0 Å². The van der Waals surface area contributed by atoms with Gasteiger partial charge in [0.1, 0.15) is 0 Å². The summed E-state index contributed by atoms with van der Waals surface area (Å²) in [6.07, 6.45) is 3.80. The number of nitrogens with one attached hydrogen (secondary N) is 1. The zero-order chi connectivity index (χ0) is 13.0. The first-order valence-corrected chi connectivity index (χ1v) is 7.77. The molecule has 18 heavy (non-hydrogen) atoms. The van der Waals surface area contributed by atoms with Crippen LogP contribution in [0.5, 0.6) is 0 Å². The van der Waals surface area contributed by atoms with Crippen LogP contribution in [0.15, 0.2) is 0 Å². The first kappa shape index (κ1) is 14.3. The Hall–Kier alpha value is -0.120. The molecule has 2 fully saturated rings. The SMILES string of the molecule is CCCNC1CCN(CC2CCOC2)C(C)C1C. The maximum atomic E-state index is 5.50. The molecule has 1 N–H and O–H groups in total. The van der Waals surface area contributed by atoms with Crippen molar-refractivity contribution in [1.29, 1.82) is 0 Å². The molecule has 0 amide bonds. The van der Waals surface area contributed by atoms with Crippen molar-refractivity contribution >= 4 is 0 Å². The summed E-state index contributed by atoms with van der Waals surface area (Å²) in [5.41, 5.74) is 0. The summed E-state index contributed by atoms with van der Waals surface area (Å²) < 4.78 is 5.50. The van der Waals surface area contributed by atoms with Gasteiger partial charge in [-0.25, -0.2) is 0 Å². The molecule has 3 nitrogen and oxygen atoms in total. The molecule has 0 aromatic rings. The molecule has 0 spiro atoms. The van der Waals surface area contributed by atoms with E-state index in [0.717, 1.165) is 37.6 Å². The van der Waals surface area contributed by atoms with E-state index in [-0.39, 0.29) is 0 Å². The Morgan fingerprint density at radius 1 is 1.28 bits per heavy atom. The maximum Gasteiger partial charge on any atom is 0.0507 e. The van der Waals surface area contributed by atoms with Crippen molar-refractivity contribution in [2.45, 2.75) is 52.1 Å². The van der Waals surface area contributed by atoms with E-state index >= 15 is 0 Å². The number of hydrogen-bond acceptors (Lipinski definition) is 3. The molecule has 4 atom stereocenters. The van der Waals surface area contributed by atoms with Gasteiger partial charge in [-0.1, -0.05) is 13.8 Å². The third-order valence-electron chi connectivity index (χ3n) is 4.87. The second-order valence-corrected chi connectivity index (χ2v) is 6.17.